The predicted octanol–water partition coefficient (Wildman–Crippen LogP) is 3.57. The average molecular weight is 405 g/mol. The molecule has 1 fully saturated rings. The number of nitrogens with zero attached hydrogens (tertiary/aromatic N) is 2. The van der Waals surface area contributed by atoms with Gasteiger partial charge in [-0.3, -0.25) is 14.6 Å². The summed E-state index contributed by atoms with van der Waals surface area (Å²) in [5, 5.41) is 11.4. The molecule has 3 amide bonds. The number of urea groups is 1. The average Bonchev–Trinajstić information content (AvgIpc) is 3.21. The maximum Gasteiger partial charge on any atom is 0.328 e. The molecule has 0 unspecified atom stereocenters. The van der Waals surface area contributed by atoms with Crippen LogP contribution in [0.15, 0.2) is 42.5 Å². The number of phenols is 1. The quantitative estimate of drug-likeness (QED) is 0.653. The lowest BCUT2D eigenvalue weighted by Crippen LogP contribution is -2.44. The van der Waals surface area contributed by atoms with E-state index in [1.807, 2.05) is 44.2 Å². The van der Waals surface area contributed by atoms with Crippen molar-refractivity contribution < 1.29 is 19.4 Å². The monoisotopic (exact) mass is 405 g/mol. The molecule has 0 aliphatic carbocycles. The number of hydrogen-bond acceptors (Lipinski definition) is 4. The molecule has 3 aromatic rings. The number of phenolic OH excluding ortho intramolecular Hbond substituents is 1. The molecule has 3 heterocycles. The lowest BCUT2D eigenvalue weighted by atomic mass is 9.88. The number of H-pyrrole nitrogens is 1. The van der Waals surface area contributed by atoms with Gasteiger partial charge in [-0.15, -0.1) is 0 Å². The summed E-state index contributed by atoms with van der Waals surface area (Å²) < 4.78 is 5.18. The SMILES string of the molecule is COc1ccc([C@@H]2c3[nH]c4ccccc4c3C[C@H]3C(=O)N(C(C)C)C(=O)N23)cc1O. The zero-order valence-electron chi connectivity index (χ0n) is 17.0. The van der Waals surface area contributed by atoms with Crippen LogP contribution in [0.4, 0.5) is 4.79 Å². The van der Waals surface area contributed by atoms with E-state index in [0.717, 1.165) is 27.7 Å². The number of amides is 3. The first-order valence-corrected chi connectivity index (χ1v) is 10.0. The number of benzene rings is 2. The molecule has 154 valence electrons. The standard InChI is InChI=1S/C23H23N3O4/c1-12(2)25-22(28)17-11-15-14-6-4-5-7-16(14)24-20(15)21(26(17)23(25)29)13-8-9-19(30-3)18(27)10-13/h4-10,12,17,21,24,27H,11H2,1-3H3/t17-,21+/m0/s1. The molecule has 0 bridgehead atoms. The van der Waals surface area contributed by atoms with Gasteiger partial charge in [-0.1, -0.05) is 24.3 Å². The van der Waals surface area contributed by atoms with Gasteiger partial charge in [-0.25, -0.2) is 4.79 Å². The van der Waals surface area contributed by atoms with E-state index in [9.17, 15) is 14.7 Å². The lowest BCUT2D eigenvalue weighted by molar-refractivity contribution is -0.129. The summed E-state index contributed by atoms with van der Waals surface area (Å²) >= 11 is 0. The highest BCUT2D eigenvalue weighted by molar-refractivity contribution is 6.06. The van der Waals surface area contributed by atoms with E-state index < -0.39 is 12.1 Å². The molecule has 1 aromatic heterocycles. The minimum atomic E-state index is -0.569. The second-order valence-electron chi connectivity index (χ2n) is 8.11. The largest absolute Gasteiger partial charge is 0.504 e. The number of imide groups is 1. The van der Waals surface area contributed by atoms with Crippen LogP contribution in [0.25, 0.3) is 10.9 Å². The number of ether oxygens (including phenoxy) is 1. The van der Waals surface area contributed by atoms with Crippen molar-refractivity contribution in [1.29, 1.82) is 0 Å². The van der Waals surface area contributed by atoms with Crippen LogP contribution >= 0.6 is 0 Å². The zero-order valence-corrected chi connectivity index (χ0v) is 17.0. The molecule has 7 heteroatoms. The fourth-order valence-corrected chi connectivity index (χ4v) is 4.79. The summed E-state index contributed by atoms with van der Waals surface area (Å²) in [5.41, 5.74) is 3.60. The van der Waals surface area contributed by atoms with E-state index in [0.29, 0.717) is 12.2 Å². The van der Waals surface area contributed by atoms with Crippen LogP contribution in [-0.4, -0.2) is 51.0 Å². The second-order valence-corrected chi connectivity index (χ2v) is 8.11. The summed E-state index contributed by atoms with van der Waals surface area (Å²) in [6, 6.07) is 11.5. The summed E-state index contributed by atoms with van der Waals surface area (Å²) in [5.74, 6) is 0.178. The Morgan fingerprint density at radius 3 is 2.63 bits per heavy atom. The Balaban J connectivity index is 1.74. The molecule has 2 N–H and O–H groups in total. The van der Waals surface area contributed by atoms with Crippen molar-refractivity contribution >= 4 is 22.8 Å². The summed E-state index contributed by atoms with van der Waals surface area (Å²) in [6.07, 6.45) is 0.464. The predicted molar refractivity (Wildman–Crippen MR) is 112 cm³/mol. The van der Waals surface area contributed by atoms with Gasteiger partial charge in [0.1, 0.15) is 12.1 Å². The van der Waals surface area contributed by atoms with Crippen molar-refractivity contribution in [3.8, 4) is 11.5 Å². The van der Waals surface area contributed by atoms with Gasteiger partial charge < -0.3 is 14.8 Å². The maximum atomic E-state index is 13.3. The van der Waals surface area contributed by atoms with Crippen LogP contribution < -0.4 is 4.74 Å². The van der Waals surface area contributed by atoms with Gasteiger partial charge in [0.05, 0.1) is 7.11 Å². The topological polar surface area (TPSA) is 85.9 Å². The van der Waals surface area contributed by atoms with E-state index in [4.69, 9.17) is 4.74 Å². The molecular weight excluding hydrogens is 382 g/mol. The molecule has 2 atom stereocenters. The van der Waals surface area contributed by atoms with Crippen molar-refractivity contribution in [2.75, 3.05) is 7.11 Å². The third kappa shape index (κ3) is 2.44. The normalized spacial score (nSPS) is 20.8. The zero-order chi connectivity index (χ0) is 21.2. The van der Waals surface area contributed by atoms with Crippen LogP contribution in [0.5, 0.6) is 11.5 Å². The van der Waals surface area contributed by atoms with E-state index in [1.54, 1.807) is 17.0 Å². The number of nitrogens with one attached hydrogen (secondary N) is 1. The molecule has 0 radical (unpaired) electrons. The molecular formula is C23H23N3O4. The Bertz CT molecular complexity index is 1180. The molecule has 0 spiro atoms. The van der Waals surface area contributed by atoms with Gasteiger partial charge in [0.2, 0.25) is 0 Å². The molecule has 0 saturated carbocycles. The lowest BCUT2D eigenvalue weighted by Gasteiger charge is -2.36. The van der Waals surface area contributed by atoms with Gasteiger partial charge in [0.25, 0.3) is 5.91 Å². The Hall–Kier alpha value is -3.48. The summed E-state index contributed by atoms with van der Waals surface area (Å²) in [4.78, 5) is 33.0. The number of methoxy groups -OCH3 is 1. The van der Waals surface area contributed by atoms with Crippen molar-refractivity contribution in [3.63, 3.8) is 0 Å². The van der Waals surface area contributed by atoms with E-state index in [2.05, 4.69) is 4.98 Å². The Morgan fingerprint density at radius 2 is 1.93 bits per heavy atom. The van der Waals surface area contributed by atoms with E-state index in [1.165, 1.54) is 12.0 Å². The number of aromatic hydroxyl groups is 1. The van der Waals surface area contributed by atoms with Gasteiger partial charge >= 0.3 is 6.03 Å². The maximum absolute atomic E-state index is 13.3. The Labute approximate surface area is 173 Å². The summed E-state index contributed by atoms with van der Waals surface area (Å²) in [7, 11) is 1.49. The van der Waals surface area contributed by atoms with Crippen LogP contribution in [-0.2, 0) is 11.2 Å². The Kier molecular flexibility index (Phi) is 4.03. The van der Waals surface area contributed by atoms with Gasteiger partial charge in [0, 0.05) is 29.1 Å². The number of para-hydroxylation sites is 1. The summed E-state index contributed by atoms with van der Waals surface area (Å²) in [6.45, 7) is 3.69. The number of hydrogen-bond donors (Lipinski definition) is 2. The first-order valence-electron chi connectivity index (χ1n) is 10.0. The Morgan fingerprint density at radius 1 is 1.17 bits per heavy atom. The minimum absolute atomic E-state index is 0.00604. The fraction of sp³-hybridized carbons (Fsp3) is 0.304. The second kappa shape index (κ2) is 6.52. The highest BCUT2D eigenvalue weighted by atomic mass is 16.5. The van der Waals surface area contributed by atoms with Crippen molar-refractivity contribution in [3.05, 3.63) is 59.3 Å². The fourth-order valence-electron chi connectivity index (χ4n) is 4.79. The van der Waals surface area contributed by atoms with Gasteiger partial charge in [-0.05, 0) is 43.2 Å². The molecule has 2 aliphatic rings. The number of carbonyl (C=O) groups excluding carboxylic acids is 2. The van der Waals surface area contributed by atoms with E-state index in [-0.39, 0.29) is 23.7 Å². The van der Waals surface area contributed by atoms with Crippen molar-refractivity contribution in [1.82, 2.24) is 14.8 Å². The molecule has 1 saturated heterocycles. The van der Waals surface area contributed by atoms with Gasteiger partial charge in [0.15, 0.2) is 11.5 Å². The third-order valence-corrected chi connectivity index (χ3v) is 6.12. The first kappa shape index (κ1) is 18.5. The molecule has 7 nitrogen and oxygen atoms in total. The van der Waals surface area contributed by atoms with Crippen LogP contribution in [0, 0.1) is 0 Å². The van der Waals surface area contributed by atoms with Crippen molar-refractivity contribution in [2.24, 2.45) is 0 Å². The first-order chi connectivity index (χ1) is 14.4. The van der Waals surface area contributed by atoms with E-state index >= 15 is 0 Å². The smallest absolute Gasteiger partial charge is 0.328 e. The third-order valence-electron chi connectivity index (χ3n) is 6.12. The molecule has 2 aliphatic heterocycles. The molecule has 30 heavy (non-hydrogen) atoms. The molecule has 2 aromatic carbocycles. The number of aromatic amines is 1. The van der Waals surface area contributed by atoms with Crippen molar-refractivity contribution in [2.45, 2.75) is 38.4 Å². The van der Waals surface area contributed by atoms with Gasteiger partial charge in [-0.2, -0.15) is 0 Å². The highest BCUT2D eigenvalue weighted by Gasteiger charge is 2.53. The highest BCUT2D eigenvalue weighted by Crippen LogP contribution is 2.45. The number of fused-ring (bicyclic) bond motifs is 4. The van der Waals surface area contributed by atoms with Crippen LogP contribution in [0.2, 0.25) is 0 Å². The number of carbonyl (C=O) groups is 2. The van der Waals surface area contributed by atoms with Crippen LogP contribution in [0.3, 0.4) is 0 Å². The molecule has 5 rings (SSSR count). The number of aromatic nitrogens is 1. The number of rotatable bonds is 3. The van der Waals surface area contributed by atoms with Crippen LogP contribution in [0.1, 0.15) is 36.7 Å². The minimum Gasteiger partial charge on any atom is -0.504 e.